The van der Waals surface area contributed by atoms with E-state index in [1.54, 1.807) is 0 Å². The summed E-state index contributed by atoms with van der Waals surface area (Å²) in [5.74, 6) is 0.937. The maximum Gasteiger partial charge on any atom is 0.226 e. The zero-order valence-electron chi connectivity index (χ0n) is 17.7. The van der Waals surface area contributed by atoms with Crippen molar-refractivity contribution in [1.82, 2.24) is 14.7 Å². The Labute approximate surface area is 175 Å². The summed E-state index contributed by atoms with van der Waals surface area (Å²) >= 11 is 0. The van der Waals surface area contributed by atoms with Gasteiger partial charge in [-0.1, -0.05) is 30.3 Å². The number of nitrogens with zero attached hydrogens (tertiary/aromatic N) is 3. The molecule has 3 fully saturated rings. The topological polar surface area (TPSA) is 47.0 Å². The maximum atomic E-state index is 13.1. The molecular formula is C24H37N3O2. The van der Waals surface area contributed by atoms with Gasteiger partial charge in [-0.15, -0.1) is 0 Å². The number of piperidine rings is 3. The van der Waals surface area contributed by atoms with Crippen LogP contribution >= 0.6 is 0 Å². The summed E-state index contributed by atoms with van der Waals surface area (Å²) in [5, 5.41) is 9.33. The molecule has 5 heteroatoms. The number of benzene rings is 1. The zero-order valence-corrected chi connectivity index (χ0v) is 17.7. The minimum atomic E-state index is 0.178. The molecule has 5 nitrogen and oxygen atoms in total. The van der Waals surface area contributed by atoms with Crippen LogP contribution in [0, 0.1) is 11.8 Å². The summed E-state index contributed by atoms with van der Waals surface area (Å²) in [6, 6.07) is 11.4. The number of carbonyl (C=O) groups is 1. The Bertz CT molecular complexity index is 637. The van der Waals surface area contributed by atoms with Crippen LogP contribution in [0.3, 0.4) is 0 Å². The van der Waals surface area contributed by atoms with Gasteiger partial charge in [-0.25, -0.2) is 0 Å². The third-order valence-corrected chi connectivity index (χ3v) is 7.31. The van der Waals surface area contributed by atoms with Gasteiger partial charge in [0.2, 0.25) is 5.91 Å². The molecule has 160 valence electrons. The van der Waals surface area contributed by atoms with Gasteiger partial charge in [0, 0.05) is 38.8 Å². The van der Waals surface area contributed by atoms with Crippen LogP contribution in [0.4, 0.5) is 0 Å². The first-order chi connectivity index (χ1) is 14.2. The first-order valence-corrected chi connectivity index (χ1v) is 11.6. The number of carbonyl (C=O) groups excluding carboxylic acids is 1. The largest absolute Gasteiger partial charge is 0.396 e. The summed E-state index contributed by atoms with van der Waals surface area (Å²) in [4.78, 5) is 20.3. The third kappa shape index (κ3) is 5.39. The number of rotatable bonds is 5. The van der Waals surface area contributed by atoms with Crippen LogP contribution in [0.5, 0.6) is 0 Å². The average molecular weight is 400 g/mol. The molecule has 1 N–H and O–H groups in total. The molecule has 0 bridgehead atoms. The van der Waals surface area contributed by atoms with Crippen molar-refractivity contribution in [2.24, 2.45) is 11.8 Å². The number of amides is 1. The molecule has 0 unspecified atom stereocenters. The highest BCUT2D eigenvalue weighted by molar-refractivity contribution is 5.79. The predicted molar refractivity (Wildman–Crippen MR) is 115 cm³/mol. The lowest BCUT2D eigenvalue weighted by atomic mass is 9.91. The first kappa shape index (κ1) is 20.8. The molecule has 3 aliphatic heterocycles. The van der Waals surface area contributed by atoms with Gasteiger partial charge >= 0.3 is 0 Å². The molecule has 1 atom stereocenters. The van der Waals surface area contributed by atoms with E-state index in [-0.39, 0.29) is 12.5 Å². The van der Waals surface area contributed by atoms with E-state index in [4.69, 9.17) is 0 Å². The van der Waals surface area contributed by atoms with Crippen LogP contribution in [0.1, 0.15) is 44.1 Å². The van der Waals surface area contributed by atoms with Crippen LogP contribution in [0.15, 0.2) is 30.3 Å². The van der Waals surface area contributed by atoms with Gasteiger partial charge in [-0.3, -0.25) is 14.6 Å². The molecule has 0 spiro atoms. The maximum absolute atomic E-state index is 13.1. The van der Waals surface area contributed by atoms with Gasteiger partial charge in [-0.2, -0.15) is 0 Å². The Morgan fingerprint density at radius 2 is 1.66 bits per heavy atom. The number of aliphatic hydroxyl groups excluding tert-OH is 1. The summed E-state index contributed by atoms with van der Waals surface area (Å²) in [6.07, 6.45) is 6.54. The van der Waals surface area contributed by atoms with Crippen molar-refractivity contribution in [2.75, 3.05) is 45.9 Å². The zero-order chi connectivity index (χ0) is 20.1. The number of hydrogen-bond acceptors (Lipinski definition) is 4. The molecule has 1 amide bonds. The fourth-order valence-electron chi connectivity index (χ4n) is 5.42. The second kappa shape index (κ2) is 10.1. The van der Waals surface area contributed by atoms with E-state index < -0.39 is 0 Å². The standard InChI is InChI=1S/C24H37N3O2/c28-19-21-8-15-26(16-9-21)24(29)22-7-4-12-27(18-22)23-10-13-25(14-11-23)17-20-5-2-1-3-6-20/h1-3,5-6,21-23,28H,4,7-19H2/t22-/m0/s1. The summed E-state index contributed by atoms with van der Waals surface area (Å²) in [6.45, 7) is 7.39. The minimum Gasteiger partial charge on any atom is -0.396 e. The molecule has 3 saturated heterocycles. The lowest BCUT2D eigenvalue weighted by Crippen LogP contribution is -2.52. The molecule has 3 heterocycles. The van der Waals surface area contributed by atoms with Crippen molar-refractivity contribution in [3.05, 3.63) is 35.9 Å². The third-order valence-electron chi connectivity index (χ3n) is 7.31. The lowest BCUT2D eigenvalue weighted by Gasteiger charge is -2.43. The van der Waals surface area contributed by atoms with Crippen molar-refractivity contribution < 1.29 is 9.90 Å². The van der Waals surface area contributed by atoms with E-state index in [9.17, 15) is 9.90 Å². The molecule has 0 aromatic heterocycles. The van der Waals surface area contributed by atoms with Crippen LogP contribution in [-0.4, -0.2) is 77.6 Å². The Morgan fingerprint density at radius 1 is 0.931 bits per heavy atom. The number of likely N-dealkylation sites (tertiary alicyclic amines) is 3. The van der Waals surface area contributed by atoms with Crippen LogP contribution < -0.4 is 0 Å². The fourth-order valence-corrected chi connectivity index (χ4v) is 5.42. The van der Waals surface area contributed by atoms with Gasteiger partial charge in [0.1, 0.15) is 0 Å². The molecular weight excluding hydrogens is 362 g/mol. The van der Waals surface area contributed by atoms with Crippen LogP contribution in [0.2, 0.25) is 0 Å². The van der Waals surface area contributed by atoms with E-state index >= 15 is 0 Å². The van der Waals surface area contributed by atoms with Gasteiger partial charge < -0.3 is 10.0 Å². The molecule has 29 heavy (non-hydrogen) atoms. The Kier molecular flexibility index (Phi) is 7.22. The number of hydrogen-bond donors (Lipinski definition) is 1. The van der Waals surface area contributed by atoms with Gasteiger partial charge in [0.05, 0.1) is 5.92 Å². The van der Waals surface area contributed by atoms with E-state index in [0.29, 0.717) is 17.9 Å². The van der Waals surface area contributed by atoms with Crippen LogP contribution in [-0.2, 0) is 11.3 Å². The van der Waals surface area contributed by atoms with Crippen molar-refractivity contribution in [3.63, 3.8) is 0 Å². The molecule has 0 saturated carbocycles. The molecule has 0 aliphatic carbocycles. The van der Waals surface area contributed by atoms with Crippen LogP contribution in [0.25, 0.3) is 0 Å². The van der Waals surface area contributed by atoms with E-state index in [2.05, 4.69) is 45.0 Å². The quantitative estimate of drug-likeness (QED) is 0.827. The van der Waals surface area contributed by atoms with Crippen molar-refractivity contribution in [3.8, 4) is 0 Å². The average Bonchev–Trinajstić information content (AvgIpc) is 2.80. The summed E-state index contributed by atoms with van der Waals surface area (Å²) in [5.41, 5.74) is 1.40. The normalized spacial score (nSPS) is 26.0. The highest BCUT2D eigenvalue weighted by Crippen LogP contribution is 2.27. The molecule has 3 aliphatic rings. The van der Waals surface area contributed by atoms with E-state index in [0.717, 1.165) is 71.5 Å². The molecule has 4 rings (SSSR count). The van der Waals surface area contributed by atoms with E-state index in [1.807, 2.05) is 0 Å². The Hall–Kier alpha value is -1.43. The Morgan fingerprint density at radius 3 is 2.34 bits per heavy atom. The molecule has 0 radical (unpaired) electrons. The first-order valence-electron chi connectivity index (χ1n) is 11.6. The van der Waals surface area contributed by atoms with Gasteiger partial charge in [0.15, 0.2) is 0 Å². The highest BCUT2D eigenvalue weighted by Gasteiger charge is 2.34. The monoisotopic (exact) mass is 399 g/mol. The van der Waals surface area contributed by atoms with Crippen molar-refractivity contribution >= 4 is 5.91 Å². The van der Waals surface area contributed by atoms with Gasteiger partial charge in [-0.05, 0) is 69.6 Å². The second-order valence-electron chi connectivity index (χ2n) is 9.28. The van der Waals surface area contributed by atoms with Gasteiger partial charge in [0.25, 0.3) is 0 Å². The van der Waals surface area contributed by atoms with Crippen molar-refractivity contribution in [2.45, 2.75) is 51.1 Å². The SMILES string of the molecule is O=C([C@H]1CCCN(C2CCN(Cc3ccccc3)CC2)C1)N1CCC(CO)CC1. The molecule has 1 aromatic rings. The molecule has 1 aromatic carbocycles. The smallest absolute Gasteiger partial charge is 0.226 e. The number of aliphatic hydroxyl groups is 1. The minimum absolute atomic E-state index is 0.178. The van der Waals surface area contributed by atoms with Crippen molar-refractivity contribution in [1.29, 1.82) is 0 Å². The Balaban J connectivity index is 1.24. The lowest BCUT2D eigenvalue weighted by molar-refractivity contribution is -0.139. The second-order valence-corrected chi connectivity index (χ2v) is 9.28. The van der Waals surface area contributed by atoms with E-state index in [1.165, 1.54) is 18.4 Å². The fraction of sp³-hybridized carbons (Fsp3) is 0.708. The summed E-state index contributed by atoms with van der Waals surface area (Å²) < 4.78 is 0. The highest BCUT2D eigenvalue weighted by atomic mass is 16.3. The summed E-state index contributed by atoms with van der Waals surface area (Å²) in [7, 11) is 0. The predicted octanol–water partition coefficient (Wildman–Crippen LogP) is 2.59.